The van der Waals surface area contributed by atoms with Crippen molar-refractivity contribution < 1.29 is 14.3 Å². The van der Waals surface area contributed by atoms with Crippen molar-refractivity contribution in [2.45, 2.75) is 26.3 Å². The van der Waals surface area contributed by atoms with Crippen molar-refractivity contribution in [2.75, 3.05) is 13.2 Å². The molecule has 1 aliphatic rings. The first-order valence-corrected chi connectivity index (χ1v) is 8.52. The molecule has 1 aromatic heterocycles. The molecule has 2 heterocycles. The summed E-state index contributed by atoms with van der Waals surface area (Å²) in [6.45, 7) is 5.43. The minimum absolute atomic E-state index is 0.119. The lowest BCUT2D eigenvalue weighted by molar-refractivity contribution is -0.119. The second-order valence-corrected chi connectivity index (χ2v) is 6.68. The number of benzene rings is 1. The summed E-state index contributed by atoms with van der Waals surface area (Å²) in [6.07, 6.45) is 6.79. The van der Waals surface area contributed by atoms with Gasteiger partial charge in [-0.15, -0.1) is 6.42 Å². The second kappa shape index (κ2) is 6.93. The molecule has 0 spiro atoms. The second-order valence-electron chi connectivity index (χ2n) is 5.68. The molecule has 0 unspecified atom stereocenters. The third kappa shape index (κ3) is 3.22. The standard InChI is InChI=1S/C18H18N2O3S/c1-4-7-20-14-6-5-13(12(2)3)10-16(14)24-18(20)19-17(21)15-11-22-8-9-23-15/h1,5-6,10-12H,7-9H2,2-3H3. The van der Waals surface area contributed by atoms with E-state index >= 15 is 0 Å². The van der Waals surface area contributed by atoms with Gasteiger partial charge in [-0.2, -0.15) is 4.99 Å². The Labute approximate surface area is 144 Å². The van der Waals surface area contributed by atoms with E-state index in [1.807, 2.05) is 10.6 Å². The lowest BCUT2D eigenvalue weighted by Gasteiger charge is -2.12. The molecule has 0 radical (unpaired) electrons. The summed E-state index contributed by atoms with van der Waals surface area (Å²) < 4.78 is 13.3. The average Bonchev–Trinajstić information content (AvgIpc) is 2.92. The van der Waals surface area contributed by atoms with Crippen LogP contribution in [0.1, 0.15) is 25.3 Å². The van der Waals surface area contributed by atoms with Gasteiger partial charge in [-0.05, 0) is 23.6 Å². The SMILES string of the molecule is C#CCn1c(=NC(=O)C2=COCCO2)sc2cc(C(C)C)ccc21. The lowest BCUT2D eigenvalue weighted by atomic mass is 10.0. The van der Waals surface area contributed by atoms with Crippen LogP contribution >= 0.6 is 11.3 Å². The number of thiazole rings is 1. The van der Waals surface area contributed by atoms with Gasteiger partial charge in [-0.25, -0.2) is 0 Å². The number of carbonyl (C=O) groups is 1. The summed E-state index contributed by atoms with van der Waals surface area (Å²) in [7, 11) is 0. The topological polar surface area (TPSA) is 52.8 Å². The zero-order chi connectivity index (χ0) is 17.1. The number of nitrogens with zero attached hydrogens (tertiary/aromatic N) is 2. The number of rotatable bonds is 3. The van der Waals surface area contributed by atoms with Crippen LogP contribution in [0, 0.1) is 12.3 Å². The predicted molar refractivity (Wildman–Crippen MR) is 93.3 cm³/mol. The Morgan fingerprint density at radius 2 is 2.29 bits per heavy atom. The Hall–Kier alpha value is -2.52. The normalized spacial score (nSPS) is 14.9. The smallest absolute Gasteiger partial charge is 0.317 e. The molecule has 0 atom stereocenters. The summed E-state index contributed by atoms with van der Waals surface area (Å²) in [5, 5.41) is 0. The van der Waals surface area contributed by atoms with Gasteiger partial charge in [0.25, 0.3) is 0 Å². The summed E-state index contributed by atoms with van der Waals surface area (Å²) in [5.41, 5.74) is 2.21. The molecule has 0 saturated heterocycles. The van der Waals surface area contributed by atoms with Crippen molar-refractivity contribution in [3.63, 3.8) is 0 Å². The molecule has 0 aliphatic carbocycles. The van der Waals surface area contributed by atoms with Crippen LogP contribution in [0.5, 0.6) is 0 Å². The van der Waals surface area contributed by atoms with Gasteiger partial charge in [0.05, 0.1) is 16.8 Å². The largest absolute Gasteiger partial charge is 0.494 e. The maximum atomic E-state index is 12.3. The number of amides is 1. The van der Waals surface area contributed by atoms with E-state index < -0.39 is 5.91 Å². The molecule has 0 N–H and O–H groups in total. The number of ether oxygens (including phenoxy) is 2. The average molecular weight is 342 g/mol. The highest BCUT2D eigenvalue weighted by atomic mass is 32.1. The Morgan fingerprint density at radius 3 is 2.96 bits per heavy atom. The minimum Gasteiger partial charge on any atom is -0.494 e. The van der Waals surface area contributed by atoms with E-state index in [0.717, 1.165) is 10.2 Å². The van der Waals surface area contributed by atoms with Gasteiger partial charge in [0.1, 0.15) is 19.5 Å². The summed E-state index contributed by atoms with van der Waals surface area (Å²) in [4.78, 5) is 17.0. The van der Waals surface area contributed by atoms with Crippen LogP contribution in [0.25, 0.3) is 10.2 Å². The zero-order valence-electron chi connectivity index (χ0n) is 13.6. The number of hydrogen-bond donors (Lipinski definition) is 0. The highest BCUT2D eigenvalue weighted by Crippen LogP contribution is 2.23. The van der Waals surface area contributed by atoms with Crippen LogP contribution in [0.15, 0.2) is 35.2 Å². The van der Waals surface area contributed by atoms with Crippen molar-refractivity contribution in [3.05, 3.63) is 40.6 Å². The number of hydrogen-bond acceptors (Lipinski definition) is 4. The predicted octanol–water partition coefficient (Wildman–Crippen LogP) is 2.77. The highest BCUT2D eigenvalue weighted by molar-refractivity contribution is 7.16. The molecule has 3 rings (SSSR count). The molecule has 1 aliphatic heterocycles. The number of aromatic nitrogens is 1. The Morgan fingerprint density at radius 1 is 1.46 bits per heavy atom. The Kier molecular flexibility index (Phi) is 4.72. The maximum Gasteiger partial charge on any atom is 0.317 e. The monoisotopic (exact) mass is 342 g/mol. The van der Waals surface area contributed by atoms with Crippen LogP contribution in [0.3, 0.4) is 0 Å². The van der Waals surface area contributed by atoms with Crippen molar-refractivity contribution in [3.8, 4) is 12.3 Å². The molecule has 0 saturated carbocycles. The molecule has 2 aromatic rings. The maximum absolute atomic E-state index is 12.3. The van der Waals surface area contributed by atoms with Gasteiger partial charge in [-0.3, -0.25) is 4.79 Å². The molecule has 1 aromatic carbocycles. The molecule has 1 amide bonds. The first kappa shape index (κ1) is 16.3. The van der Waals surface area contributed by atoms with Crippen molar-refractivity contribution in [1.29, 1.82) is 0 Å². The van der Waals surface area contributed by atoms with Crippen molar-refractivity contribution in [2.24, 2.45) is 4.99 Å². The van der Waals surface area contributed by atoms with E-state index in [1.165, 1.54) is 23.2 Å². The molecule has 6 heteroatoms. The lowest BCUT2D eigenvalue weighted by Crippen LogP contribution is -2.19. The van der Waals surface area contributed by atoms with E-state index in [2.05, 4.69) is 36.9 Å². The van der Waals surface area contributed by atoms with E-state index in [4.69, 9.17) is 15.9 Å². The molecule has 0 bridgehead atoms. The van der Waals surface area contributed by atoms with Gasteiger partial charge < -0.3 is 14.0 Å². The van der Waals surface area contributed by atoms with Crippen molar-refractivity contribution in [1.82, 2.24) is 4.57 Å². The van der Waals surface area contributed by atoms with Crippen LogP contribution < -0.4 is 4.80 Å². The van der Waals surface area contributed by atoms with E-state index in [-0.39, 0.29) is 5.76 Å². The number of carbonyl (C=O) groups excluding carboxylic acids is 1. The molecular weight excluding hydrogens is 324 g/mol. The summed E-state index contributed by atoms with van der Waals surface area (Å²) in [5.74, 6) is 2.71. The van der Waals surface area contributed by atoms with Gasteiger partial charge in [0, 0.05) is 0 Å². The minimum atomic E-state index is -0.462. The van der Waals surface area contributed by atoms with E-state index in [9.17, 15) is 4.79 Å². The highest BCUT2D eigenvalue weighted by Gasteiger charge is 2.15. The number of terminal acetylenes is 1. The molecule has 5 nitrogen and oxygen atoms in total. The summed E-state index contributed by atoms with van der Waals surface area (Å²) >= 11 is 1.44. The van der Waals surface area contributed by atoms with Crippen LogP contribution in [-0.2, 0) is 20.8 Å². The quantitative estimate of drug-likeness (QED) is 0.806. The Bertz CT molecular complexity index is 912. The molecule has 24 heavy (non-hydrogen) atoms. The van der Waals surface area contributed by atoms with Crippen LogP contribution in [-0.4, -0.2) is 23.7 Å². The third-order valence-corrected chi connectivity index (χ3v) is 4.72. The van der Waals surface area contributed by atoms with E-state index in [0.29, 0.717) is 30.5 Å². The molecular formula is C18H18N2O3S. The first-order chi connectivity index (χ1) is 11.6. The van der Waals surface area contributed by atoms with Gasteiger partial charge in [0.2, 0.25) is 5.76 Å². The Balaban J connectivity index is 2.10. The van der Waals surface area contributed by atoms with E-state index in [1.54, 1.807) is 0 Å². The fourth-order valence-electron chi connectivity index (χ4n) is 2.40. The molecule has 124 valence electrons. The van der Waals surface area contributed by atoms with Gasteiger partial charge in [-0.1, -0.05) is 37.2 Å². The third-order valence-electron chi connectivity index (χ3n) is 3.68. The zero-order valence-corrected chi connectivity index (χ0v) is 14.4. The number of fused-ring (bicyclic) bond motifs is 1. The van der Waals surface area contributed by atoms with Gasteiger partial charge >= 0.3 is 5.91 Å². The fourth-order valence-corrected chi connectivity index (χ4v) is 3.48. The summed E-state index contributed by atoms with van der Waals surface area (Å²) in [6, 6.07) is 6.24. The van der Waals surface area contributed by atoms with Crippen LogP contribution in [0.4, 0.5) is 0 Å². The van der Waals surface area contributed by atoms with Crippen LogP contribution in [0.2, 0.25) is 0 Å². The van der Waals surface area contributed by atoms with Crippen molar-refractivity contribution >= 4 is 27.5 Å². The van der Waals surface area contributed by atoms with Gasteiger partial charge in [0.15, 0.2) is 4.80 Å². The first-order valence-electron chi connectivity index (χ1n) is 7.70. The molecule has 0 fully saturated rings. The fraction of sp³-hybridized carbons (Fsp3) is 0.333.